The Balaban J connectivity index is 2.62. The summed E-state index contributed by atoms with van der Waals surface area (Å²) in [6.45, 7) is 3.35. The summed E-state index contributed by atoms with van der Waals surface area (Å²) >= 11 is 0. The van der Waals surface area contributed by atoms with Crippen LogP contribution in [-0.4, -0.2) is 36.6 Å². The fraction of sp³-hybridized carbons (Fsp3) is 0.875. The summed E-state index contributed by atoms with van der Waals surface area (Å²) in [5.41, 5.74) is 5.65. The van der Waals surface area contributed by atoms with Gasteiger partial charge in [0.05, 0.1) is 5.66 Å². The molecule has 0 unspecified atom stereocenters. The maximum Gasteiger partial charge on any atom is 0.220 e. The van der Waals surface area contributed by atoms with Crippen molar-refractivity contribution in [2.45, 2.75) is 25.4 Å². The molecule has 0 atom stereocenters. The Kier molecular flexibility index (Phi) is 2.69. The molecule has 0 aliphatic carbocycles. The molecule has 0 aromatic carbocycles. The van der Waals surface area contributed by atoms with Crippen LogP contribution in [0.3, 0.4) is 0 Å². The van der Waals surface area contributed by atoms with E-state index in [0.717, 1.165) is 25.9 Å². The zero-order valence-electron chi connectivity index (χ0n) is 7.76. The van der Waals surface area contributed by atoms with E-state index in [9.17, 15) is 4.79 Å². The molecule has 0 spiro atoms. The van der Waals surface area contributed by atoms with Crippen LogP contribution in [0.4, 0.5) is 0 Å². The number of hydrogen-bond donors (Lipinski definition) is 2. The fourth-order valence-electron chi connectivity index (χ4n) is 1.51. The second-order valence-electron chi connectivity index (χ2n) is 3.43. The van der Waals surface area contributed by atoms with E-state index in [4.69, 9.17) is 5.73 Å². The molecular weight excluding hydrogens is 154 g/mol. The minimum atomic E-state index is -0.420. The molecule has 4 heteroatoms. The molecule has 1 amide bonds. The van der Waals surface area contributed by atoms with Crippen molar-refractivity contribution in [1.29, 1.82) is 0 Å². The zero-order chi connectivity index (χ0) is 9.19. The molecule has 1 heterocycles. The minimum Gasteiger partial charge on any atom is -0.328 e. The molecule has 70 valence electrons. The number of nitrogens with one attached hydrogen (secondary N) is 1. The quantitative estimate of drug-likeness (QED) is 0.523. The topological polar surface area (TPSA) is 58.4 Å². The average molecular weight is 171 g/mol. The molecule has 0 aromatic heterocycles. The van der Waals surface area contributed by atoms with E-state index in [2.05, 4.69) is 5.32 Å². The van der Waals surface area contributed by atoms with Crippen LogP contribution in [0.15, 0.2) is 0 Å². The second kappa shape index (κ2) is 3.41. The van der Waals surface area contributed by atoms with Crippen molar-refractivity contribution in [3.05, 3.63) is 0 Å². The van der Waals surface area contributed by atoms with Crippen molar-refractivity contribution in [2.75, 3.05) is 20.1 Å². The zero-order valence-corrected chi connectivity index (χ0v) is 7.76. The van der Waals surface area contributed by atoms with Crippen molar-refractivity contribution in [2.24, 2.45) is 5.73 Å². The Bertz CT molecular complexity index is 175. The Labute approximate surface area is 73.1 Å². The molecule has 1 fully saturated rings. The number of nitrogens with two attached hydrogens (primary N) is 1. The lowest BCUT2D eigenvalue weighted by molar-refractivity contribution is -0.134. The lowest BCUT2D eigenvalue weighted by atomic mass is 9.97. The van der Waals surface area contributed by atoms with Crippen LogP contribution in [0.1, 0.15) is 19.8 Å². The molecule has 0 aromatic rings. The van der Waals surface area contributed by atoms with Crippen LogP contribution < -0.4 is 11.1 Å². The van der Waals surface area contributed by atoms with Crippen LogP contribution >= 0.6 is 0 Å². The smallest absolute Gasteiger partial charge is 0.220 e. The van der Waals surface area contributed by atoms with E-state index in [1.807, 2.05) is 0 Å². The highest BCUT2D eigenvalue weighted by atomic mass is 16.2. The summed E-state index contributed by atoms with van der Waals surface area (Å²) in [6.07, 6.45) is 1.67. The van der Waals surface area contributed by atoms with Gasteiger partial charge in [-0.2, -0.15) is 0 Å². The van der Waals surface area contributed by atoms with Crippen LogP contribution in [0, 0.1) is 0 Å². The Morgan fingerprint density at radius 1 is 1.50 bits per heavy atom. The molecule has 0 bridgehead atoms. The van der Waals surface area contributed by atoms with Gasteiger partial charge in [0.25, 0.3) is 0 Å². The number of carbonyl (C=O) groups excluding carboxylic acids is 1. The molecule has 0 radical (unpaired) electrons. The normalized spacial score (nSPS) is 21.9. The fourth-order valence-corrected chi connectivity index (χ4v) is 1.51. The highest BCUT2D eigenvalue weighted by molar-refractivity contribution is 5.73. The first-order valence-corrected chi connectivity index (χ1v) is 4.30. The molecule has 4 nitrogen and oxygen atoms in total. The third kappa shape index (κ3) is 1.76. The highest BCUT2D eigenvalue weighted by Crippen LogP contribution is 2.18. The summed E-state index contributed by atoms with van der Waals surface area (Å²) in [4.78, 5) is 12.7. The van der Waals surface area contributed by atoms with Gasteiger partial charge in [-0.15, -0.1) is 0 Å². The number of hydrogen-bond acceptors (Lipinski definition) is 3. The average Bonchev–Trinajstić information content (AvgIpc) is 2.04. The Morgan fingerprint density at radius 3 is 2.42 bits per heavy atom. The van der Waals surface area contributed by atoms with E-state index in [1.165, 1.54) is 0 Å². The van der Waals surface area contributed by atoms with Crippen molar-refractivity contribution in [1.82, 2.24) is 10.2 Å². The summed E-state index contributed by atoms with van der Waals surface area (Å²) in [7, 11) is 1.77. The number of rotatable bonds is 1. The van der Waals surface area contributed by atoms with E-state index in [0.29, 0.717) is 0 Å². The standard InChI is InChI=1S/C8H17N3O/c1-7(12)11(2)8(9)3-5-10-6-4-8/h10H,3-6,9H2,1-2H3. The van der Waals surface area contributed by atoms with E-state index < -0.39 is 5.66 Å². The molecule has 1 rings (SSSR count). The van der Waals surface area contributed by atoms with Crippen LogP contribution in [0.25, 0.3) is 0 Å². The van der Waals surface area contributed by atoms with Gasteiger partial charge >= 0.3 is 0 Å². The van der Waals surface area contributed by atoms with Crippen molar-refractivity contribution in [3.8, 4) is 0 Å². The molecule has 1 saturated heterocycles. The van der Waals surface area contributed by atoms with E-state index in [1.54, 1.807) is 18.9 Å². The molecule has 1 aliphatic heterocycles. The van der Waals surface area contributed by atoms with Gasteiger partial charge in [-0.1, -0.05) is 0 Å². The molecule has 0 saturated carbocycles. The van der Waals surface area contributed by atoms with Crippen LogP contribution in [0.2, 0.25) is 0 Å². The lowest BCUT2D eigenvalue weighted by Crippen LogP contribution is -2.60. The van der Waals surface area contributed by atoms with Crippen molar-refractivity contribution in [3.63, 3.8) is 0 Å². The third-order valence-corrected chi connectivity index (χ3v) is 2.61. The summed E-state index contributed by atoms with van der Waals surface area (Å²) in [6, 6.07) is 0. The van der Waals surface area contributed by atoms with Crippen LogP contribution in [0.5, 0.6) is 0 Å². The third-order valence-electron chi connectivity index (χ3n) is 2.61. The summed E-state index contributed by atoms with van der Waals surface area (Å²) in [5.74, 6) is 0.0411. The van der Waals surface area contributed by atoms with Crippen LogP contribution in [-0.2, 0) is 4.79 Å². The number of carbonyl (C=O) groups is 1. The summed E-state index contributed by atoms with van der Waals surface area (Å²) in [5, 5.41) is 3.22. The monoisotopic (exact) mass is 171 g/mol. The van der Waals surface area contributed by atoms with E-state index in [-0.39, 0.29) is 5.91 Å². The van der Waals surface area contributed by atoms with Gasteiger partial charge in [0.2, 0.25) is 5.91 Å². The van der Waals surface area contributed by atoms with Crippen molar-refractivity contribution < 1.29 is 4.79 Å². The van der Waals surface area contributed by atoms with Gasteiger partial charge in [-0.3, -0.25) is 4.79 Å². The SMILES string of the molecule is CC(=O)N(C)C1(N)CCNCC1. The predicted molar refractivity (Wildman–Crippen MR) is 47.5 cm³/mol. The second-order valence-corrected chi connectivity index (χ2v) is 3.43. The number of amides is 1. The Morgan fingerprint density at radius 2 is 2.00 bits per heavy atom. The summed E-state index contributed by atoms with van der Waals surface area (Å²) < 4.78 is 0. The largest absolute Gasteiger partial charge is 0.328 e. The number of piperidine rings is 1. The van der Waals surface area contributed by atoms with Gasteiger partial charge in [0, 0.05) is 14.0 Å². The molecule has 12 heavy (non-hydrogen) atoms. The highest BCUT2D eigenvalue weighted by Gasteiger charge is 2.32. The van der Waals surface area contributed by atoms with Gasteiger partial charge < -0.3 is 16.0 Å². The Hall–Kier alpha value is -0.610. The van der Waals surface area contributed by atoms with E-state index >= 15 is 0 Å². The molecule has 1 aliphatic rings. The lowest BCUT2D eigenvalue weighted by Gasteiger charge is -2.41. The number of nitrogens with zero attached hydrogens (tertiary/aromatic N) is 1. The van der Waals surface area contributed by atoms with Gasteiger partial charge in [-0.05, 0) is 25.9 Å². The van der Waals surface area contributed by atoms with Gasteiger partial charge in [-0.25, -0.2) is 0 Å². The first-order chi connectivity index (χ1) is 5.56. The first kappa shape index (κ1) is 9.48. The van der Waals surface area contributed by atoms with Gasteiger partial charge in [0.1, 0.15) is 0 Å². The first-order valence-electron chi connectivity index (χ1n) is 4.30. The maximum absolute atomic E-state index is 11.1. The maximum atomic E-state index is 11.1. The molecular formula is C8H17N3O. The van der Waals surface area contributed by atoms with Crippen molar-refractivity contribution >= 4 is 5.91 Å². The van der Waals surface area contributed by atoms with Gasteiger partial charge in [0.15, 0.2) is 0 Å². The minimum absolute atomic E-state index is 0.0411. The molecule has 3 N–H and O–H groups in total. The predicted octanol–water partition coefficient (Wildman–Crippen LogP) is -0.497.